The Hall–Kier alpha value is -1.35. The molecule has 0 saturated heterocycles. The first-order chi connectivity index (χ1) is 8.02. The van der Waals surface area contributed by atoms with Crippen LogP contribution in [-0.4, -0.2) is 12.1 Å². The van der Waals surface area contributed by atoms with E-state index >= 15 is 0 Å². The van der Waals surface area contributed by atoms with E-state index in [1.54, 1.807) is 18.4 Å². The third-order valence-corrected chi connectivity index (χ3v) is 3.99. The van der Waals surface area contributed by atoms with E-state index in [1.165, 1.54) is 10.4 Å². The minimum absolute atomic E-state index is 0.935. The number of hydrogen-bond acceptors (Lipinski definition) is 3. The van der Waals surface area contributed by atoms with Crippen molar-refractivity contribution in [3.8, 4) is 16.3 Å². The topological polar surface area (TPSA) is 22.1 Å². The standard InChI is InChI=1S/C14H17NOS/c1-8-6-9(2)13(16-5)12(7-8)14-15-10(3)11(4)17-14/h6-7H,1-5H3. The molecule has 0 aliphatic carbocycles. The Kier molecular flexibility index (Phi) is 3.20. The van der Waals surface area contributed by atoms with Gasteiger partial charge in [-0.25, -0.2) is 4.98 Å². The average Bonchev–Trinajstić information content (AvgIpc) is 2.58. The summed E-state index contributed by atoms with van der Waals surface area (Å²) in [5.74, 6) is 0.935. The van der Waals surface area contributed by atoms with Crippen LogP contribution in [0.15, 0.2) is 12.1 Å². The molecule has 3 heteroatoms. The second-order valence-corrected chi connectivity index (χ2v) is 5.53. The Morgan fingerprint density at radius 3 is 2.35 bits per heavy atom. The van der Waals surface area contributed by atoms with E-state index in [9.17, 15) is 0 Å². The van der Waals surface area contributed by atoms with Crippen LogP contribution in [0.25, 0.3) is 10.6 Å². The number of ether oxygens (including phenoxy) is 1. The number of hydrogen-bond donors (Lipinski definition) is 0. The zero-order valence-corrected chi connectivity index (χ0v) is 11.7. The second kappa shape index (κ2) is 4.49. The highest BCUT2D eigenvalue weighted by Crippen LogP contribution is 2.37. The molecule has 0 aliphatic rings. The molecule has 90 valence electrons. The van der Waals surface area contributed by atoms with Crippen molar-refractivity contribution in [2.75, 3.05) is 7.11 Å². The van der Waals surface area contributed by atoms with Crippen molar-refractivity contribution in [1.29, 1.82) is 0 Å². The molecule has 1 aromatic heterocycles. The Labute approximate surface area is 106 Å². The number of benzene rings is 1. The molecule has 2 aromatic rings. The third kappa shape index (κ3) is 2.20. The Morgan fingerprint density at radius 1 is 1.12 bits per heavy atom. The fourth-order valence-corrected chi connectivity index (χ4v) is 2.90. The van der Waals surface area contributed by atoms with Crippen molar-refractivity contribution >= 4 is 11.3 Å². The van der Waals surface area contributed by atoms with Crippen molar-refractivity contribution in [1.82, 2.24) is 4.98 Å². The number of aromatic nitrogens is 1. The highest BCUT2D eigenvalue weighted by atomic mass is 32.1. The number of rotatable bonds is 2. The molecule has 0 unspecified atom stereocenters. The summed E-state index contributed by atoms with van der Waals surface area (Å²) in [5, 5.41) is 1.05. The van der Waals surface area contributed by atoms with Crippen LogP contribution in [-0.2, 0) is 0 Å². The van der Waals surface area contributed by atoms with Crippen LogP contribution in [0.4, 0.5) is 0 Å². The minimum Gasteiger partial charge on any atom is -0.496 e. The highest BCUT2D eigenvalue weighted by molar-refractivity contribution is 7.15. The molecule has 0 bridgehead atoms. The fourth-order valence-electron chi connectivity index (χ4n) is 1.97. The molecule has 2 nitrogen and oxygen atoms in total. The quantitative estimate of drug-likeness (QED) is 0.798. The lowest BCUT2D eigenvalue weighted by molar-refractivity contribution is 0.413. The summed E-state index contributed by atoms with van der Waals surface area (Å²) in [4.78, 5) is 5.87. The van der Waals surface area contributed by atoms with Crippen LogP contribution >= 0.6 is 11.3 Å². The lowest BCUT2D eigenvalue weighted by Gasteiger charge is -2.10. The molecule has 0 saturated carbocycles. The average molecular weight is 247 g/mol. The summed E-state index contributed by atoms with van der Waals surface area (Å²) < 4.78 is 5.50. The van der Waals surface area contributed by atoms with Crippen molar-refractivity contribution in [2.24, 2.45) is 0 Å². The van der Waals surface area contributed by atoms with Crippen LogP contribution < -0.4 is 4.74 Å². The number of nitrogens with zero attached hydrogens (tertiary/aromatic N) is 1. The van der Waals surface area contributed by atoms with Gasteiger partial charge in [-0.1, -0.05) is 6.07 Å². The van der Waals surface area contributed by atoms with Gasteiger partial charge in [0.25, 0.3) is 0 Å². The maximum atomic E-state index is 5.50. The Morgan fingerprint density at radius 2 is 1.82 bits per heavy atom. The van der Waals surface area contributed by atoms with Gasteiger partial charge in [0.05, 0.1) is 18.4 Å². The van der Waals surface area contributed by atoms with E-state index in [1.807, 2.05) is 6.92 Å². The van der Waals surface area contributed by atoms with E-state index in [-0.39, 0.29) is 0 Å². The maximum Gasteiger partial charge on any atom is 0.132 e. The van der Waals surface area contributed by atoms with E-state index in [4.69, 9.17) is 4.74 Å². The second-order valence-electron chi connectivity index (χ2n) is 4.32. The first-order valence-electron chi connectivity index (χ1n) is 5.62. The minimum atomic E-state index is 0.935. The van der Waals surface area contributed by atoms with Crippen LogP contribution in [0.3, 0.4) is 0 Å². The van der Waals surface area contributed by atoms with Crippen molar-refractivity contribution < 1.29 is 4.74 Å². The zero-order chi connectivity index (χ0) is 12.6. The van der Waals surface area contributed by atoms with Crippen molar-refractivity contribution in [3.63, 3.8) is 0 Å². The van der Waals surface area contributed by atoms with Gasteiger partial charge in [0, 0.05) is 4.88 Å². The van der Waals surface area contributed by atoms with E-state index in [2.05, 4.69) is 37.9 Å². The molecule has 0 atom stereocenters. The van der Waals surface area contributed by atoms with Crippen molar-refractivity contribution in [2.45, 2.75) is 27.7 Å². The van der Waals surface area contributed by atoms with Gasteiger partial charge < -0.3 is 4.74 Å². The molecule has 1 heterocycles. The summed E-state index contributed by atoms with van der Waals surface area (Å²) in [6, 6.07) is 4.28. The van der Waals surface area contributed by atoms with Gasteiger partial charge in [0.1, 0.15) is 10.8 Å². The number of aryl methyl sites for hydroxylation is 4. The fraction of sp³-hybridized carbons (Fsp3) is 0.357. The first kappa shape index (κ1) is 12.1. The van der Waals surface area contributed by atoms with Gasteiger partial charge in [-0.2, -0.15) is 0 Å². The predicted octanol–water partition coefficient (Wildman–Crippen LogP) is 4.05. The number of thiazole rings is 1. The molecule has 0 N–H and O–H groups in total. The lowest BCUT2D eigenvalue weighted by atomic mass is 10.1. The molecule has 0 radical (unpaired) electrons. The van der Waals surface area contributed by atoms with Gasteiger partial charge in [0.15, 0.2) is 0 Å². The van der Waals surface area contributed by atoms with E-state index in [0.717, 1.165) is 27.6 Å². The van der Waals surface area contributed by atoms with Gasteiger partial charge in [-0.3, -0.25) is 0 Å². The van der Waals surface area contributed by atoms with Gasteiger partial charge in [0.2, 0.25) is 0 Å². The van der Waals surface area contributed by atoms with Gasteiger partial charge in [-0.05, 0) is 44.9 Å². The largest absolute Gasteiger partial charge is 0.496 e. The molecule has 0 aliphatic heterocycles. The molecule has 0 amide bonds. The molecule has 0 fully saturated rings. The van der Waals surface area contributed by atoms with Crippen molar-refractivity contribution in [3.05, 3.63) is 33.8 Å². The molecule has 0 spiro atoms. The number of methoxy groups -OCH3 is 1. The molecular weight excluding hydrogens is 230 g/mol. The molecule has 2 rings (SSSR count). The van der Waals surface area contributed by atoms with E-state index in [0.29, 0.717) is 0 Å². The summed E-state index contributed by atoms with van der Waals surface area (Å²) in [7, 11) is 1.72. The summed E-state index contributed by atoms with van der Waals surface area (Å²) in [6.07, 6.45) is 0. The summed E-state index contributed by atoms with van der Waals surface area (Å²) in [6.45, 7) is 8.32. The smallest absolute Gasteiger partial charge is 0.132 e. The van der Waals surface area contributed by atoms with Gasteiger partial charge in [-0.15, -0.1) is 11.3 Å². The van der Waals surface area contributed by atoms with Crippen LogP contribution in [0.5, 0.6) is 5.75 Å². The summed E-state index contributed by atoms with van der Waals surface area (Å²) >= 11 is 1.72. The normalized spacial score (nSPS) is 10.6. The molecule has 1 aromatic carbocycles. The SMILES string of the molecule is COc1c(C)cc(C)cc1-c1nc(C)c(C)s1. The predicted molar refractivity (Wildman–Crippen MR) is 73.1 cm³/mol. The van der Waals surface area contributed by atoms with E-state index < -0.39 is 0 Å². The molecular formula is C14H17NOS. The Bertz CT molecular complexity index is 538. The van der Waals surface area contributed by atoms with Crippen LogP contribution in [0.2, 0.25) is 0 Å². The van der Waals surface area contributed by atoms with Crippen LogP contribution in [0.1, 0.15) is 21.7 Å². The lowest BCUT2D eigenvalue weighted by Crippen LogP contribution is -1.92. The Balaban J connectivity index is 2.65. The van der Waals surface area contributed by atoms with Crippen LogP contribution in [0, 0.1) is 27.7 Å². The molecule has 17 heavy (non-hydrogen) atoms. The highest BCUT2D eigenvalue weighted by Gasteiger charge is 2.13. The third-order valence-electron chi connectivity index (χ3n) is 2.88. The van der Waals surface area contributed by atoms with Gasteiger partial charge >= 0.3 is 0 Å². The first-order valence-corrected chi connectivity index (χ1v) is 6.44. The maximum absolute atomic E-state index is 5.50. The zero-order valence-electron chi connectivity index (χ0n) is 10.9. The summed E-state index contributed by atoms with van der Waals surface area (Å²) in [5.41, 5.74) is 4.61. The monoisotopic (exact) mass is 247 g/mol.